The maximum absolute atomic E-state index is 12.8. The second-order valence-corrected chi connectivity index (χ2v) is 7.92. The molecular weight excluding hydrogens is 412 g/mol. The first-order valence-corrected chi connectivity index (χ1v) is 10.1. The highest BCUT2D eigenvalue weighted by Gasteiger charge is 2.21. The standard InChI is InChI=1S/C21H19ClN2O4S/c1-11-4-6-15(12(2)8-11)23-17(25)10-29-20-18(21(27)28-3)19(26)14-9-13(22)5-7-16(14)24-20/h4-9H,10H2,1-3H3,(H,23,25)(H,24,26). The van der Waals surface area contributed by atoms with Crippen LogP contribution in [0.25, 0.3) is 10.9 Å². The molecule has 29 heavy (non-hydrogen) atoms. The number of carbonyl (C=O) groups excluding carboxylic acids is 2. The third kappa shape index (κ3) is 4.63. The zero-order chi connectivity index (χ0) is 21.1. The van der Waals surface area contributed by atoms with Crippen LogP contribution in [0.2, 0.25) is 5.02 Å². The predicted octanol–water partition coefficient (Wildman–Crippen LogP) is 4.32. The Bertz CT molecular complexity index is 1170. The number of thioether (sulfide) groups is 1. The number of halogens is 1. The van der Waals surface area contributed by atoms with Gasteiger partial charge < -0.3 is 15.0 Å². The van der Waals surface area contributed by atoms with Crippen molar-refractivity contribution in [3.05, 3.63) is 68.3 Å². The van der Waals surface area contributed by atoms with Crippen LogP contribution in [-0.4, -0.2) is 29.7 Å². The van der Waals surface area contributed by atoms with Gasteiger partial charge in [0.1, 0.15) is 5.56 Å². The number of carbonyl (C=O) groups is 2. The molecule has 0 unspecified atom stereocenters. The molecular formula is C21H19ClN2O4S. The number of esters is 1. The van der Waals surface area contributed by atoms with Crippen molar-refractivity contribution in [2.24, 2.45) is 0 Å². The number of H-pyrrole nitrogens is 1. The topological polar surface area (TPSA) is 88.3 Å². The number of aromatic amines is 1. The van der Waals surface area contributed by atoms with Crippen LogP contribution in [0, 0.1) is 13.8 Å². The lowest BCUT2D eigenvalue weighted by Crippen LogP contribution is -2.20. The molecule has 0 aliphatic rings. The molecule has 3 rings (SSSR count). The van der Waals surface area contributed by atoms with Gasteiger partial charge >= 0.3 is 5.97 Å². The van der Waals surface area contributed by atoms with Crippen molar-refractivity contribution in [2.75, 3.05) is 18.2 Å². The zero-order valence-corrected chi connectivity index (χ0v) is 17.7. The van der Waals surface area contributed by atoms with E-state index in [4.69, 9.17) is 16.3 Å². The molecule has 150 valence electrons. The monoisotopic (exact) mass is 430 g/mol. The van der Waals surface area contributed by atoms with Gasteiger partial charge in [0.05, 0.1) is 23.4 Å². The normalized spacial score (nSPS) is 10.8. The van der Waals surface area contributed by atoms with Gasteiger partial charge in [-0.3, -0.25) is 9.59 Å². The van der Waals surface area contributed by atoms with Gasteiger partial charge in [0.15, 0.2) is 0 Å². The number of aryl methyl sites for hydroxylation is 2. The molecule has 0 radical (unpaired) electrons. The lowest BCUT2D eigenvalue weighted by molar-refractivity contribution is -0.113. The van der Waals surface area contributed by atoms with Crippen LogP contribution in [-0.2, 0) is 9.53 Å². The number of pyridine rings is 1. The average Bonchev–Trinajstić information content (AvgIpc) is 2.68. The van der Waals surface area contributed by atoms with Crippen molar-refractivity contribution < 1.29 is 14.3 Å². The van der Waals surface area contributed by atoms with E-state index in [1.807, 2.05) is 32.0 Å². The van der Waals surface area contributed by atoms with Crippen molar-refractivity contribution in [3.8, 4) is 0 Å². The second-order valence-electron chi connectivity index (χ2n) is 6.49. The number of amides is 1. The van der Waals surface area contributed by atoms with Crippen LogP contribution >= 0.6 is 23.4 Å². The molecule has 6 nitrogen and oxygen atoms in total. The Hall–Kier alpha value is -2.77. The molecule has 0 aliphatic carbocycles. The molecule has 3 aromatic rings. The Kier molecular flexibility index (Phi) is 6.30. The van der Waals surface area contributed by atoms with E-state index in [9.17, 15) is 14.4 Å². The molecule has 8 heteroatoms. The Labute approximate surface area is 176 Å². The van der Waals surface area contributed by atoms with Crippen LogP contribution in [0.5, 0.6) is 0 Å². The molecule has 1 heterocycles. The summed E-state index contributed by atoms with van der Waals surface area (Å²) in [6, 6.07) is 10.5. The number of anilines is 1. The van der Waals surface area contributed by atoms with Crippen molar-refractivity contribution in [1.29, 1.82) is 0 Å². The summed E-state index contributed by atoms with van der Waals surface area (Å²) in [6.07, 6.45) is 0. The van der Waals surface area contributed by atoms with Crippen LogP contribution in [0.1, 0.15) is 21.5 Å². The SMILES string of the molecule is COC(=O)c1c(SCC(=O)Nc2ccc(C)cc2C)[nH]c2ccc(Cl)cc2c1=O. The molecule has 0 atom stereocenters. The summed E-state index contributed by atoms with van der Waals surface area (Å²) < 4.78 is 4.76. The van der Waals surface area contributed by atoms with Gasteiger partial charge in [0.25, 0.3) is 0 Å². The zero-order valence-electron chi connectivity index (χ0n) is 16.1. The van der Waals surface area contributed by atoms with Gasteiger partial charge in [-0.25, -0.2) is 4.79 Å². The van der Waals surface area contributed by atoms with Crippen LogP contribution < -0.4 is 10.7 Å². The summed E-state index contributed by atoms with van der Waals surface area (Å²) in [5.41, 5.74) is 2.65. The Morgan fingerprint density at radius 2 is 1.93 bits per heavy atom. The fourth-order valence-electron chi connectivity index (χ4n) is 2.91. The van der Waals surface area contributed by atoms with E-state index in [1.165, 1.54) is 13.2 Å². The summed E-state index contributed by atoms with van der Waals surface area (Å²) in [6.45, 7) is 3.89. The Morgan fingerprint density at radius 1 is 1.17 bits per heavy atom. The van der Waals surface area contributed by atoms with E-state index in [1.54, 1.807) is 12.1 Å². The predicted molar refractivity (Wildman–Crippen MR) is 116 cm³/mol. The molecule has 0 aliphatic heterocycles. The maximum Gasteiger partial charge on any atom is 0.344 e. The summed E-state index contributed by atoms with van der Waals surface area (Å²) in [5.74, 6) is -1.02. The molecule has 2 aromatic carbocycles. The summed E-state index contributed by atoms with van der Waals surface area (Å²) >= 11 is 7.03. The smallest absolute Gasteiger partial charge is 0.344 e. The van der Waals surface area contributed by atoms with Gasteiger partial charge in [-0.1, -0.05) is 41.1 Å². The molecule has 1 amide bonds. The van der Waals surface area contributed by atoms with Gasteiger partial charge in [-0.05, 0) is 43.7 Å². The lowest BCUT2D eigenvalue weighted by atomic mass is 10.1. The first-order valence-electron chi connectivity index (χ1n) is 8.74. The number of rotatable bonds is 5. The van der Waals surface area contributed by atoms with Crippen molar-refractivity contribution in [1.82, 2.24) is 4.98 Å². The molecule has 0 saturated carbocycles. The molecule has 2 N–H and O–H groups in total. The number of benzene rings is 2. The Balaban J connectivity index is 1.88. The number of aromatic nitrogens is 1. The van der Waals surface area contributed by atoms with E-state index >= 15 is 0 Å². The van der Waals surface area contributed by atoms with Crippen molar-refractivity contribution in [2.45, 2.75) is 18.9 Å². The minimum absolute atomic E-state index is 0.00630. The van der Waals surface area contributed by atoms with E-state index in [0.717, 1.165) is 28.6 Å². The molecule has 0 fully saturated rings. The highest BCUT2D eigenvalue weighted by atomic mass is 35.5. The second kappa shape index (κ2) is 8.71. The molecule has 1 aromatic heterocycles. The third-order valence-corrected chi connectivity index (χ3v) is 5.56. The molecule has 0 spiro atoms. The largest absolute Gasteiger partial charge is 0.465 e. The van der Waals surface area contributed by atoms with Gasteiger partial charge in [0, 0.05) is 16.1 Å². The Morgan fingerprint density at radius 3 is 2.62 bits per heavy atom. The number of ether oxygens (including phenoxy) is 1. The highest BCUT2D eigenvalue weighted by Crippen LogP contribution is 2.24. The number of nitrogens with one attached hydrogen (secondary N) is 2. The van der Waals surface area contributed by atoms with E-state index in [-0.39, 0.29) is 27.6 Å². The first-order chi connectivity index (χ1) is 13.8. The average molecular weight is 431 g/mol. The van der Waals surface area contributed by atoms with Crippen LogP contribution in [0.3, 0.4) is 0 Å². The quantitative estimate of drug-likeness (QED) is 0.465. The maximum atomic E-state index is 12.8. The first kappa shape index (κ1) is 21.0. The van der Waals surface area contributed by atoms with Gasteiger partial charge in [-0.15, -0.1) is 0 Å². The number of hydrogen-bond acceptors (Lipinski definition) is 5. The van der Waals surface area contributed by atoms with Crippen molar-refractivity contribution >= 4 is 51.8 Å². The number of fused-ring (bicyclic) bond motifs is 1. The summed E-state index contributed by atoms with van der Waals surface area (Å²) in [5, 5.41) is 3.78. The minimum atomic E-state index is -0.773. The fraction of sp³-hybridized carbons (Fsp3) is 0.190. The summed E-state index contributed by atoms with van der Waals surface area (Å²) in [4.78, 5) is 40.5. The van der Waals surface area contributed by atoms with Gasteiger partial charge in [0.2, 0.25) is 11.3 Å². The van der Waals surface area contributed by atoms with E-state index in [0.29, 0.717) is 10.5 Å². The lowest BCUT2D eigenvalue weighted by Gasteiger charge is -2.11. The van der Waals surface area contributed by atoms with E-state index in [2.05, 4.69) is 10.3 Å². The molecule has 0 saturated heterocycles. The molecule has 0 bridgehead atoms. The summed E-state index contributed by atoms with van der Waals surface area (Å²) in [7, 11) is 1.20. The highest BCUT2D eigenvalue weighted by molar-refractivity contribution is 8.00. The van der Waals surface area contributed by atoms with Crippen LogP contribution in [0.15, 0.2) is 46.2 Å². The number of hydrogen-bond donors (Lipinski definition) is 2. The fourth-order valence-corrected chi connectivity index (χ4v) is 3.93. The van der Waals surface area contributed by atoms with Crippen molar-refractivity contribution in [3.63, 3.8) is 0 Å². The third-order valence-electron chi connectivity index (χ3n) is 4.32. The van der Waals surface area contributed by atoms with Gasteiger partial charge in [-0.2, -0.15) is 0 Å². The number of methoxy groups -OCH3 is 1. The van der Waals surface area contributed by atoms with Crippen LogP contribution in [0.4, 0.5) is 5.69 Å². The van der Waals surface area contributed by atoms with E-state index < -0.39 is 11.4 Å². The minimum Gasteiger partial charge on any atom is -0.465 e.